The number of carbonyl (C=O) groups is 1. The highest BCUT2D eigenvalue weighted by Crippen LogP contribution is 2.35. The molecule has 0 radical (unpaired) electrons. The minimum Gasteiger partial charge on any atom is -0.494 e. The molecule has 0 bridgehead atoms. The van der Waals surface area contributed by atoms with Crippen molar-refractivity contribution in [1.29, 1.82) is 0 Å². The van der Waals surface area contributed by atoms with Crippen LogP contribution in [0.3, 0.4) is 0 Å². The smallest absolute Gasteiger partial charge is 0.260 e. The van der Waals surface area contributed by atoms with Crippen LogP contribution in [-0.2, 0) is 4.74 Å². The Kier molecular flexibility index (Phi) is 7.60. The van der Waals surface area contributed by atoms with Crippen LogP contribution in [0.4, 0.5) is 5.13 Å². The number of thiazole rings is 1. The maximum atomic E-state index is 13.6. The normalized spacial score (nSPS) is 15.8. The maximum Gasteiger partial charge on any atom is 0.260 e. The molecule has 1 atom stereocenters. The minimum absolute atomic E-state index is 0.0222. The van der Waals surface area contributed by atoms with E-state index in [2.05, 4.69) is 6.92 Å². The Bertz CT molecular complexity index is 1030. The molecule has 0 N–H and O–H groups in total. The molecular formula is C25H30N2O4S. The molecule has 170 valence electrons. The summed E-state index contributed by atoms with van der Waals surface area (Å²) < 4.78 is 18.3. The van der Waals surface area contributed by atoms with E-state index in [1.165, 1.54) is 11.3 Å². The molecule has 32 heavy (non-hydrogen) atoms. The van der Waals surface area contributed by atoms with Crippen LogP contribution in [0, 0.1) is 0 Å². The van der Waals surface area contributed by atoms with Crippen molar-refractivity contribution in [3.63, 3.8) is 0 Å². The number of carbonyl (C=O) groups excluding carboxylic acids is 1. The molecule has 7 heteroatoms. The Labute approximate surface area is 193 Å². The zero-order chi connectivity index (χ0) is 22.3. The van der Waals surface area contributed by atoms with Gasteiger partial charge in [0.2, 0.25) is 0 Å². The molecule has 1 saturated heterocycles. The number of fused-ring (bicyclic) bond motifs is 1. The first-order valence-corrected chi connectivity index (χ1v) is 12.2. The van der Waals surface area contributed by atoms with Crippen molar-refractivity contribution in [3.8, 4) is 11.5 Å². The van der Waals surface area contributed by atoms with E-state index >= 15 is 0 Å². The number of hydrogen-bond donors (Lipinski definition) is 0. The Morgan fingerprint density at radius 1 is 1.19 bits per heavy atom. The second-order valence-electron chi connectivity index (χ2n) is 7.81. The second-order valence-corrected chi connectivity index (χ2v) is 8.82. The molecule has 2 aromatic carbocycles. The van der Waals surface area contributed by atoms with E-state index < -0.39 is 0 Å². The van der Waals surface area contributed by atoms with Gasteiger partial charge in [0.1, 0.15) is 17.0 Å². The van der Waals surface area contributed by atoms with Crippen LogP contribution in [-0.4, -0.2) is 43.4 Å². The molecule has 1 aliphatic heterocycles. The molecule has 1 aliphatic rings. The molecule has 2 heterocycles. The molecule has 3 aromatic rings. The Morgan fingerprint density at radius 3 is 2.75 bits per heavy atom. The van der Waals surface area contributed by atoms with Crippen LogP contribution in [0.5, 0.6) is 11.5 Å². The number of benzene rings is 2. The van der Waals surface area contributed by atoms with E-state index in [-0.39, 0.29) is 12.0 Å². The van der Waals surface area contributed by atoms with Gasteiger partial charge in [-0.3, -0.25) is 9.69 Å². The minimum atomic E-state index is -0.0855. The highest BCUT2D eigenvalue weighted by Gasteiger charge is 2.27. The number of amides is 1. The van der Waals surface area contributed by atoms with Crippen LogP contribution >= 0.6 is 11.3 Å². The summed E-state index contributed by atoms with van der Waals surface area (Å²) in [4.78, 5) is 20.1. The lowest BCUT2D eigenvalue weighted by atomic mass is 10.1. The zero-order valence-electron chi connectivity index (χ0n) is 18.7. The summed E-state index contributed by atoms with van der Waals surface area (Å²) in [5, 5.41) is 0.663. The summed E-state index contributed by atoms with van der Waals surface area (Å²) >= 11 is 1.50. The number of nitrogens with zero attached hydrogens (tertiary/aromatic N) is 2. The van der Waals surface area contributed by atoms with E-state index in [1.54, 1.807) is 4.90 Å². The van der Waals surface area contributed by atoms with E-state index in [0.29, 0.717) is 30.5 Å². The van der Waals surface area contributed by atoms with E-state index in [9.17, 15) is 4.79 Å². The largest absolute Gasteiger partial charge is 0.494 e. The maximum absolute atomic E-state index is 13.6. The van der Waals surface area contributed by atoms with Crippen LogP contribution in [0.15, 0.2) is 42.5 Å². The summed E-state index contributed by atoms with van der Waals surface area (Å²) in [7, 11) is 0. The number of aromatic nitrogens is 1. The molecule has 1 unspecified atom stereocenters. The first-order valence-electron chi connectivity index (χ1n) is 11.4. The monoisotopic (exact) mass is 454 g/mol. The van der Waals surface area contributed by atoms with Crippen molar-refractivity contribution in [1.82, 2.24) is 4.98 Å². The molecular weight excluding hydrogens is 424 g/mol. The average molecular weight is 455 g/mol. The number of ether oxygens (including phenoxy) is 3. The average Bonchev–Trinajstić information content (AvgIpc) is 3.48. The number of para-hydroxylation sites is 1. The van der Waals surface area contributed by atoms with Gasteiger partial charge in [0.15, 0.2) is 5.13 Å². The van der Waals surface area contributed by atoms with Crippen LogP contribution < -0.4 is 14.4 Å². The van der Waals surface area contributed by atoms with Gasteiger partial charge >= 0.3 is 0 Å². The van der Waals surface area contributed by atoms with Crippen molar-refractivity contribution < 1.29 is 19.0 Å². The first-order chi connectivity index (χ1) is 15.7. The Hall–Kier alpha value is -2.64. The molecule has 0 spiro atoms. The van der Waals surface area contributed by atoms with Gasteiger partial charge in [-0.2, -0.15) is 0 Å². The third-order valence-electron chi connectivity index (χ3n) is 5.42. The molecule has 6 nitrogen and oxygen atoms in total. The molecule has 1 fully saturated rings. The van der Waals surface area contributed by atoms with Crippen LogP contribution in [0.25, 0.3) is 10.2 Å². The predicted molar refractivity (Wildman–Crippen MR) is 128 cm³/mol. The lowest BCUT2D eigenvalue weighted by Crippen LogP contribution is -2.37. The highest BCUT2D eigenvalue weighted by atomic mass is 32.1. The van der Waals surface area contributed by atoms with Gasteiger partial charge in [0.05, 0.1) is 30.6 Å². The quantitative estimate of drug-likeness (QED) is 0.368. The van der Waals surface area contributed by atoms with Gasteiger partial charge in [0.25, 0.3) is 5.91 Å². The summed E-state index contributed by atoms with van der Waals surface area (Å²) in [6.07, 6.45) is 4.08. The summed E-state index contributed by atoms with van der Waals surface area (Å²) in [5.74, 6) is 1.44. The Morgan fingerprint density at radius 2 is 2.03 bits per heavy atom. The predicted octanol–water partition coefficient (Wildman–Crippen LogP) is 5.70. The van der Waals surface area contributed by atoms with Gasteiger partial charge in [-0.25, -0.2) is 4.98 Å². The van der Waals surface area contributed by atoms with Gasteiger partial charge < -0.3 is 14.2 Å². The molecule has 0 aliphatic carbocycles. The molecule has 1 aromatic heterocycles. The van der Waals surface area contributed by atoms with Gasteiger partial charge in [-0.1, -0.05) is 30.7 Å². The van der Waals surface area contributed by atoms with Crippen molar-refractivity contribution in [3.05, 3.63) is 48.0 Å². The number of anilines is 1. The van der Waals surface area contributed by atoms with Crippen molar-refractivity contribution in [2.45, 2.75) is 45.6 Å². The van der Waals surface area contributed by atoms with Gasteiger partial charge in [-0.05, 0) is 62.6 Å². The number of hydrogen-bond acceptors (Lipinski definition) is 6. The highest BCUT2D eigenvalue weighted by molar-refractivity contribution is 7.22. The first kappa shape index (κ1) is 22.6. The lowest BCUT2D eigenvalue weighted by molar-refractivity contribution is 0.0917. The summed E-state index contributed by atoms with van der Waals surface area (Å²) in [6.45, 7) is 6.56. The molecule has 0 saturated carbocycles. The zero-order valence-corrected chi connectivity index (χ0v) is 19.5. The number of unbranched alkanes of at least 4 members (excludes halogenated alkanes) is 1. The fourth-order valence-electron chi connectivity index (χ4n) is 3.72. The van der Waals surface area contributed by atoms with E-state index in [0.717, 1.165) is 54.0 Å². The third kappa shape index (κ3) is 5.22. The van der Waals surface area contributed by atoms with E-state index in [1.807, 2.05) is 49.4 Å². The second kappa shape index (κ2) is 10.8. The Balaban J connectivity index is 1.61. The standard InChI is InChI=1S/C25H30N2O4S/c1-3-5-15-30-19-13-11-18(12-14-19)24(28)27(17-20-8-7-16-31-20)25-26-23-21(29-4-2)9-6-10-22(23)32-25/h6,9-14,20H,3-5,7-8,15-17H2,1-2H3. The van der Waals surface area contributed by atoms with Crippen molar-refractivity contribution in [2.24, 2.45) is 0 Å². The molecule has 4 rings (SSSR count). The van der Waals surface area contributed by atoms with Gasteiger partial charge in [0, 0.05) is 12.2 Å². The van der Waals surface area contributed by atoms with Gasteiger partial charge in [-0.15, -0.1) is 0 Å². The fourth-order valence-corrected chi connectivity index (χ4v) is 4.71. The van der Waals surface area contributed by atoms with E-state index in [4.69, 9.17) is 19.2 Å². The fraction of sp³-hybridized carbons (Fsp3) is 0.440. The summed E-state index contributed by atoms with van der Waals surface area (Å²) in [5.41, 5.74) is 1.40. The van der Waals surface area contributed by atoms with Crippen LogP contribution in [0.2, 0.25) is 0 Å². The van der Waals surface area contributed by atoms with Crippen LogP contribution in [0.1, 0.15) is 49.9 Å². The number of rotatable bonds is 10. The third-order valence-corrected chi connectivity index (χ3v) is 6.47. The molecule has 1 amide bonds. The van der Waals surface area contributed by atoms with Crippen molar-refractivity contribution >= 4 is 32.6 Å². The SMILES string of the molecule is CCCCOc1ccc(C(=O)N(CC2CCCO2)c2nc3c(OCC)cccc3s2)cc1. The summed E-state index contributed by atoms with van der Waals surface area (Å²) in [6, 6.07) is 13.3. The lowest BCUT2D eigenvalue weighted by Gasteiger charge is -2.23. The topological polar surface area (TPSA) is 60.9 Å². The van der Waals surface area contributed by atoms with Crippen molar-refractivity contribution in [2.75, 3.05) is 31.3 Å².